The number of amides is 1. The normalized spacial score (nSPS) is 10.4. The maximum absolute atomic E-state index is 12.5. The van der Waals surface area contributed by atoms with Gasteiger partial charge in [-0.1, -0.05) is 50.8 Å². The summed E-state index contributed by atoms with van der Waals surface area (Å²) in [5.41, 5.74) is 1.81. The molecule has 1 amide bonds. The van der Waals surface area contributed by atoms with E-state index in [0.717, 1.165) is 22.4 Å². The molecule has 0 fully saturated rings. The van der Waals surface area contributed by atoms with E-state index in [9.17, 15) is 4.79 Å². The molecule has 0 saturated carbocycles. The highest BCUT2D eigenvalue weighted by molar-refractivity contribution is 9.09. The molecule has 0 unspecified atom stereocenters. The van der Waals surface area contributed by atoms with Gasteiger partial charge in [-0.2, -0.15) is 0 Å². The molecule has 0 N–H and O–H groups in total. The summed E-state index contributed by atoms with van der Waals surface area (Å²) in [4.78, 5) is 14.9. The molecule has 0 aliphatic heterocycles. The molecule has 0 aliphatic carbocycles. The van der Waals surface area contributed by atoms with E-state index in [-0.39, 0.29) is 5.91 Å². The lowest BCUT2D eigenvalue weighted by molar-refractivity contribution is 0.0758. The molecule has 100 valence electrons. The van der Waals surface area contributed by atoms with Gasteiger partial charge < -0.3 is 4.90 Å². The lowest BCUT2D eigenvalue weighted by Gasteiger charge is -2.21. The number of rotatable bonds is 5. The molecular formula is C13H14BrN3OS. The largest absolute Gasteiger partial charge is 0.333 e. The van der Waals surface area contributed by atoms with E-state index in [2.05, 4.69) is 25.5 Å². The predicted octanol–water partition coefficient (Wildman–Crippen LogP) is 2.88. The van der Waals surface area contributed by atoms with Gasteiger partial charge in [-0.25, -0.2) is 0 Å². The quantitative estimate of drug-likeness (QED) is 0.787. The fourth-order valence-electron chi connectivity index (χ4n) is 1.73. The minimum absolute atomic E-state index is 0.00389. The fraction of sp³-hybridized carbons (Fsp3) is 0.308. The minimum Gasteiger partial charge on any atom is -0.333 e. The van der Waals surface area contributed by atoms with Crippen molar-refractivity contribution in [2.75, 3.05) is 11.9 Å². The van der Waals surface area contributed by atoms with Gasteiger partial charge in [-0.15, -0.1) is 5.10 Å². The van der Waals surface area contributed by atoms with Crippen molar-refractivity contribution >= 4 is 33.4 Å². The van der Waals surface area contributed by atoms with Crippen LogP contribution in [0.1, 0.15) is 20.9 Å². The van der Waals surface area contributed by atoms with Crippen molar-refractivity contribution in [3.63, 3.8) is 0 Å². The van der Waals surface area contributed by atoms with Gasteiger partial charge in [0, 0.05) is 18.4 Å². The van der Waals surface area contributed by atoms with E-state index >= 15 is 0 Å². The summed E-state index contributed by atoms with van der Waals surface area (Å²) in [6, 6.07) is 9.97. The van der Waals surface area contributed by atoms with Crippen molar-refractivity contribution in [2.45, 2.75) is 13.5 Å². The van der Waals surface area contributed by atoms with Gasteiger partial charge in [-0.3, -0.25) is 4.79 Å². The van der Waals surface area contributed by atoms with Crippen molar-refractivity contribution in [1.29, 1.82) is 0 Å². The Morgan fingerprint density at radius 1 is 1.37 bits per heavy atom. The standard InChI is InChI=1S/C13H14BrN3OS/c1-10-12(19-16-15-10)13(18)17(8-7-14)9-11-5-3-2-4-6-11/h2-6H,7-9H2,1H3. The number of nitrogens with zero attached hydrogens (tertiary/aromatic N) is 3. The molecule has 1 heterocycles. The van der Waals surface area contributed by atoms with Crippen LogP contribution >= 0.6 is 27.5 Å². The Bertz CT molecular complexity index is 544. The second-order valence-corrected chi connectivity index (χ2v) is 5.64. The lowest BCUT2D eigenvalue weighted by Crippen LogP contribution is -2.32. The van der Waals surface area contributed by atoms with E-state index < -0.39 is 0 Å². The first-order chi connectivity index (χ1) is 9.22. The van der Waals surface area contributed by atoms with Crippen LogP contribution in [0.4, 0.5) is 0 Å². The molecule has 2 aromatic rings. The van der Waals surface area contributed by atoms with Gasteiger partial charge in [0.1, 0.15) is 4.88 Å². The van der Waals surface area contributed by atoms with E-state index in [1.807, 2.05) is 42.2 Å². The summed E-state index contributed by atoms with van der Waals surface area (Å²) >= 11 is 4.55. The molecule has 0 aliphatic rings. The van der Waals surface area contributed by atoms with Crippen LogP contribution < -0.4 is 0 Å². The molecule has 1 aromatic heterocycles. The van der Waals surface area contributed by atoms with Crippen molar-refractivity contribution in [2.24, 2.45) is 0 Å². The zero-order valence-electron chi connectivity index (χ0n) is 10.5. The zero-order chi connectivity index (χ0) is 13.7. The fourth-order valence-corrected chi connectivity index (χ4v) is 2.78. The molecular weight excluding hydrogens is 326 g/mol. The predicted molar refractivity (Wildman–Crippen MR) is 79.6 cm³/mol. The Hall–Kier alpha value is -1.27. The van der Waals surface area contributed by atoms with Gasteiger partial charge >= 0.3 is 0 Å². The minimum atomic E-state index is -0.00389. The summed E-state index contributed by atoms with van der Waals surface area (Å²) in [6.07, 6.45) is 0. The van der Waals surface area contributed by atoms with Gasteiger partial charge in [0.25, 0.3) is 5.91 Å². The van der Waals surface area contributed by atoms with Gasteiger partial charge in [-0.05, 0) is 24.0 Å². The molecule has 0 spiro atoms. The van der Waals surface area contributed by atoms with Crippen LogP contribution in [0.2, 0.25) is 0 Å². The van der Waals surface area contributed by atoms with Crippen LogP contribution in [0.5, 0.6) is 0 Å². The first-order valence-electron chi connectivity index (χ1n) is 5.90. The summed E-state index contributed by atoms with van der Waals surface area (Å²) in [5.74, 6) is -0.00389. The SMILES string of the molecule is Cc1nnsc1C(=O)N(CCBr)Cc1ccccc1. The highest BCUT2D eigenvalue weighted by Crippen LogP contribution is 2.15. The summed E-state index contributed by atoms with van der Waals surface area (Å²) in [7, 11) is 0. The van der Waals surface area contributed by atoms with Crippen LogP contribution in [0, 0.1) is 6.92 Å². The average molecular weight is 340 g/mol. The van der Waals surface area contributed by atoms with E-state index in [0.29, 0.717) is 23.7 Å². The summed E-state index contributed by atoms with van der Waals surface area (Å²) in [6.45, 7) is 3.07. The lowest BCUT2D eigenvalue weighted by atomic mass is 10.2. The van der Waals surface area contributed by atoms with Crippen molar-refractivity contribution < 1.29 is 4.79 Å². The third kappa shape index (κ3) is 3.61. The van der Waals surface area contributed by atoms with Crippen molar-refractivity contribution in [3.8, 4) is 0 Å². The number of alkyl halides is 1. The van der Waals surface area contributed by atoms with Crippen LogP contribution in [-0.2, 0) is 6.54 Å². The number of hydrogen-bond acceptors (Lipinski definition) is 4. The van der Waals surface area contributed by atoms with Gasteiger partial charge in [0.15, 0.2) is 0 Å². The molecule has 0 bridgehead atoms. The second-order valence-electron chi connectivity index (χ2n) is 4.09. The Labute approximate surface area is 124 Å². The van der Waals surface area contributed by atoms with Crippen LogP contribution in [-0.4, -0.2) is 32.3 Å². The number of carbonyl (C=O) groups excluding carboxylic acids is 1. The molecule has 0 saturated heterocycles. The highest BCUT2D eigenvalue weighted by Gasteiger charge is 2.20. The Morgan fingerprint density at radius 2 is 2.11 bits per heavy atom. The number of benzene rings is 1. The van der Waals surface area contributed by atoms with E-state index in [1.165, 1.54) is 0 Å². The smallest absolute Gasteiger partial charge is 0.267 e. The third-order valence-electron chi connectivity index (χ3n) is 2.70. The van der Waals surface area contributed by atoms with E-state index in [4.69, 9.17) is 0 Å². The number of aryl methyl sites for hydroxylation is 1. The number of hydrogen-bond donors (Lipinski definition) is 0. The third-order valence-corrected chi connectivity index (χ3v) is 3.87. The molecule has 4 nitrogen and oxygen atoms in total. The van der Waals surface area contributed by atoms with Crippen LogP contribution in [0.15, 0.2) is 30.3 Å². The molecule has 2 rings (SSSR count). The topological polar surface area (TPSA) is 46.1 Å². The maximum atomic E-state index is 12.5. The van der Waals surface area contributed by atoms with E-state index in [1.54, 1.807) is 0 Å². The molecule has 0 atom stereocenters. The molecule has 0 radical (unpaired) electrons. The Kier molecular flexibility index (Phi) is 5.04. The molecule has 6 heteroatoms. The van der Waals surface area contributed by atoms with Crippen molar-refractivity contribution in [1.82, 2.24) is 14.5 Å². The second kappa shape index (κ2) is 6.77. The van der Waals surface area contributed by atoms with Crippen molar-refractivity contribution in [3.05, 3.63) is 46.5 Å². The van der Waals surface area contributed by atoms with Gasteiger partial charge in [0.2, 0.25) is 0 Å². The number of aromatic nitrogens is 2. The summed E-state index contributed by atoms with van der Waals surface area (Å²) < 4.78 is 3.82. The first-order valence-corrected chi connectivity index (χ1v) is 7.80. The van der Waals surface area contributed by atoms with Crippen LogP contribution in [0.3, 0.4) is 0 Å². The number of halogens is 1. The van der Waals surface area contributed by atoms with Crippen LogP contribution in [0.25, 0.3) is 0 Å². The molecule has 19 heavy (non-hydrogen) atoms. The first kappa shape index (κ1) is 14.1. The average Bonchev–Trinajstić information content (AvgIpc) is 2.85. The summed E-state index contributed by atoms with van der Waals surface area (Å²) in [5, 5.41) is 4.64. The Morgan fingerprint density at radius 3 is 2.68 bits per heavy atom. The monoisotopic (exact) mass is 339 g/mol. The maximum Gasteiger partial charge on any atom is 0.267 e. The molecule has 1 aromatic carbocycles. The number of carbonyl (C=O) groups is 1. The zero-order valence-corrected chi connectivity index (χ0v) is 12.9. The van der Waals surface area contributed by atoms with Gasteiger partial charge in [0.05, 0.1) is 5.69 Å². The Balaban J connectivity index is 2.16. The highest BCUT2D eigenvalue weighted by atomic mass is 79.9.